The predicted molar refractivity (Wildman–Crippen MR) is 102 cm³/mol. The van der Waals surface area contributed by atoms with Crippen LogP contribution in [0.15, 0.2) is 29.9 Å². The van der Waals surface area contributed by atoms with E-state index in [-0.39, 0.29) is 11.3 Å². The molecule has 1 amide bonds. The van der Waals surface area contributed by atoms with Crippen LogP contribution in [0.25, 0.3) is 0 Å². The van der Waals surface area contributed by atoms with Crippen LogP contribution in [0.4, 0.5) is 0 Å². The smallest absolute Gasteiger partial charge is 0.275 e. The van der Waals surface area contributed by atoms with Gasteiger partial charge >= 0.3 is 0 Å². The van der Waals surface area contributed by atoms with Crippen LogP contribution in [-0.2, 0) is 11.3 Å². The number of likely N-dealkylation sites (tertiary alicyclic amines) is 2. The van der Waals surface area contributed by atoms with Crippen LogP contribution in [0.5, 0.6) is 0 Å². The van der Waals surface area contributed by atoms with Gasteiger partial charge in [0.05, 0.1) is 6.61 Å². The van der Waals surface area contributed by atoms with Gasteiger partial charge in [-0.15, -0.1) is 5.10 Å². The first-order chi connectivity index (χ1) is 13.2. The first-order valence-corrected chi connectivity index (χ1v) is 10.2. The molecule has 2 aromatic heterocycles. The number of methoxy groups -OCH3 is 1. The molecule has 0 aliphatic carbocycles. The van der Waals surface area contributed by atoms with Gasteiger partial charge in [-0.3, -0.25) is 14.7 Å². The molecule has 7 nitrogen and oxygen atoms in total. The molecule has 0 N–H and O–H groups in total. The van der Waals surface area contributed by atoms with Gasteiger partial charge in [0.1, 0.15) is 0 Å². The molecule has 2 aliphatic rings. The topological polar surface area (TPSA) is 71.5 Å². The van der Waals surface area contributed by atoms with Crippen LogP contribution in [0.3, 0.4) is 0 Å². The van der Waals surface area contributed by atoms with Crippen molar-refractivity contribution < 1.29 is 9.53 Å². The number of pyridine rings is 1. The highest BCUT2D eigenvalue weighted by atomic mass is 32.1. The van der Waals surface area contributed by atoms with Gasteiger partial charge in [-0.05, 0) is 47.8 Å². The Labute approximate surface area is 163 Å². The molecule has 0 radical (unpaired) electrons. The highest BCUT2D eigenvalue weighted by Crippen LogP contribution is 2.44. The molecule has 144 valence electrons. The van der Waals surface area contributed by atoms with E-state index < -0.39 is 0 Å². The maximum Gasteiger partial charge on any atom is 0.275 e. The number of hydrogen-bond acceptors (Lipinski definition) is 7. The standard InChI is InChI=1S/C19H25N5O2S/c1-26-12-16-9-19(14-24(16)11-15-3-2-6-20-10-15)4-7-23(8-5-19)18(25)17-13-27-22-21-17/h2-3,6,10,13,16H,4-5,7-9,11-12,14H2,1H3. The summed E-state index contributed by atoms with van der Waals surface area (Å²) in [6, 6.07) is 4.54. The summed E-state index contributed by atoms with van der Waals surface area (Å²) in [6.45, 7) is 4.27. The lowest BCUT2D eigenvalue weighted by Crippen LogP contribution is -2.44. The third-order valence-electron chi connectivity index (χ3n) is 5.88. The van der Waals surface area contributed by atoms with Gasteiger partial charge in [0.2, 0.25) is 0 Å². The van der Waals surface area contributed by atoms with Crippen LogP contribution >= 0.6 is 11.5 Å². The van der Waals surface area contributed by atoms with Gasteiger partial charge in [0, 0.05) is 57.1 Å². The number of carbonyl (C=O) groups excluding carboxylic acids is 1. The average molecular weight is 388 g/mol. The van der Waals surface area contributed by atoms with Crippen molar-refractivity contribution in [1.29, 1.82) is 0 Å². The summed E-state index contributed by atoms with van der Waals surface area (Å²) >= 11 is 1.22. The largest absolute Gasteiger partial charge is 0.383 e. The third kappa shape index (κ3) is 4.02. The molecule has 4 rings (SSSR count). The molecule has 8 heteroatoms. The molecule has 2 aliphatic heterocycles. The summed E-state index contributed by atoms with van der Waals surface area (Å²) in [5, 5.41) is 5.65. The number of hydrogen-bond donors (Lipinski definition) is 0. The van der Waals surface area contributed by atoms with Gasteiger partial charge in [-0.1, -0.05) is 10.6 Å². The second-order valence-electron chi connectivity index (χ2n) is 7.66. The van der Waals surface area contributed by atoms with Crippen LogP contribution in [0.1, 0.15) is 35.3 Å². The van der Waals surface area contributed by atoms with Crippen molar-refractivity contribution in [2.45, 2.75) is 31.8 Å². The average Bonchev–Trinajstić information content (AvgIpc) is 3.33. The second-order valence-corrected chi connectivity index (χ2v) is 8.27. The first kappa shape index (κ1) is 18.5. The van der Waals surface area contributed by atoms with Crippen molar-refractivity contribution in [2.75, 3.05) is 33.4 Å². The van der Waals surface area contributed by atoms with E-state index >= 15 is 0 Å². The Kier molecular flexibility index (Phi) is 5.47. The molecule has 27 heavy (non-hydrogen) atoms. The third-order valence-corrected chi connectivity index (χ3v) is 6.39. The normalized spacial score (nSPS) is 22.4. The number of nitrogens with zero attached hydrogens (tertiary/aromatic N) is 5. The zero-order chi connectivity index (χ0) is 18.7. The second kappa shape index (κ2) is 8.00. The molecule has 1 spiro atoms. The Hall–Kier alpha value is -1.90. The highest BCUT2D eigenvalue weighted by molar-refractivity contribution is 7.03. The number of piperidine rings is 1. The lowest BCUT2D eigenvalue weighted by molar-refractivity contribution is 0.0582. The molecular formula is C19H25N5O2S. The lowest BCUT2D eigenvalue weighted by atomic mass is 9.76. The molecule has 0 bridgehead atoms. The minimum Gasteiger partial charge on any atom is -0.383 e. The fourth-order valence-electron chi connectivity index (χ4n) is 4.49. The number of amides is 1. The minimum atomic E-state index is 0.0113. The zero-order valence-electron chi connectivity index (χ0n) is 15.6. The van der Waals surface area contributed by atoms with E-state index in [2.05, 4.69) is 25.5 Å². The predicted octanol–water partition coefficient (Wildman–Crippen LogP) is 2.08. The monoisotopic (exact) mass is 387 g/mol. The Morgan fingerprint density at radius 3 is 2.93 bits per heavy atom. The molecule has 1 unspecified atom stereocenters. The fourth-order valence-corrected chi connectivity index (χ4v) is 4.92. The van der Waals surface area contributed by atoms with Crippen molar-refractivity contribution in [2.24, 2.45) is 5.41 Å². The van der Waals surface area contributed by atoms with E-state index in [1.54, 1.807) is 12.5 Å². The van der Waals surface area contributed by atoms with Crippen molar-refractivity contribution >= 4 is 17.4 Å². The maximum absolute atomic E-state index is 12.5. The summed E-state index contributed by atoms with van der Waals surface area (Å²) < 4.78 is 9.31. The van der Waals surface area contributed by atoms with E-state index in [0.717, 1.165) is 52.0 Å². The van der Waals surface area contributed by atoms with Gasteiger partial charge < -0.3 is 9.64 Å². The van der Waals surface area contributed by atoms with Crippen LogP contribution in [0.2, 0.25) is 0 Å². The van der Waals surface area contributed by atoms with Crippen molar-refractivity contribution in [3.05, 3.63) is 41.2 Å². The van der Waals surface area contributed by atoms with Gasteiger partial charge in [-0.25, -0.2) is 0 Å². The fraction of sp³-hybridized carbons (Fsp3) is 0.579. The summed E-state index contributed by atoms with van der Waals surface area (Å²) in [5.41, 5.74) is 1.97. The van der Waals surface area contributed by atoms with E-state index in [4.69, 9.17) is 4.74 Å². The maximum atomic E-state index is 12.5. The summed E-state index contributed by atoms with van der Waals surface area (Å²) in [7, 11) is 1.77. The van der Waals surface area contributed by atoms with E-state index in [1.807, 2.05) is 23.4 Å². The molecule has 4 heterocycles. The Bertz CT molecular complexity index is 747. The van der Waals surface area contributed by atoms with Crippen molar-refractivity contribution in [3.8, 4) is 0 Å². The first-order valence-electron chi connectivity index (χ1n) is 9.37. The number of ether oxygens (including phenoxy) is 1. The summed E-state index contributed by atoms with van der Waals surface area (Å²) in [5.74, 6) is 0.0113. The van der Waals surface area contributed by atoms with Crippen LogP contribution < -0.4 is 0 Å². The lowest BCUT2D eigenvalue weighted by Gasteiger charge is -2.39. The quantitative estimate of drug-likeness (QED) is 0.782. The summed E-state index contributed by atoms with van der Waals surface area (Å²) in [6.07, 6.45) is 6.94. The molecule has 0 saturated carbocycles. The molecular weight excluding hydrogens is 362 g/mol. The van der Waals surface area contributed by atoms with Crippen LogP contribution in [0, 0.1) is 5.41 Å². The van der Waals surface area contributed by atoms with E-state index in [0.29, 0.717) is 11.7 Å². The minimum absolute atomic E-state index is 0.0113. The van der Waals surface area contributed by atoms with E-state index in [1.165, 1.54) is 17.1 Å². The van der Waals surface area contributed by atoms with Gasteiger partial charge in [0.15, 0.2) is 5.69 Å². The number of rotatable bonds is 5. The van der Waals surface area contributed by atoms with E-state index in [9.17, 15) is 4.79 Å². The highest BCUT2D eigenvalue weighted by Gasteiger charge is 2.46. The molecule has 1 atom stereocenters. The Morgan fingerprint density at radius 2 is 2.26 bits per heavy atom. The van der Waals surface area contributed by atoms with Crippen molar-refractivity contribution in [1.82, 2.24) is 24.4 Å². The number of carbonyl (C=O) groups is 1. The van der Waals surface area contributed by atoms with Crippen LogP contribution in [-0.4, -0.2) is 69.7 Å². The van der Waals surface area contributed by atoms with Gasteiger partial charge in [0.25, 0.3) is 5.91 Å². The molecule has 2 fully saturated rings. The molecule has 0 aromatic carbocycles. The number of aromatic nitrogens is 3. The zero-order valence-corrected chi connectivity index (χ0v) is 16.4. The van der Waals surface area contributed by atoms with Crippen molar-refractivity contribution in [3.63, 3.8) is 0 Å². The Morgan fingerprint density at radius 1 is 1.41 bits per heavy atom. The molecule has 2 saturated heterocycles. The SMILES string of the molecule is COCC1CC2(CCN(C(=O)c3csnn3)CC2)CN1Cc1cccnc1. The molecule has 2 aromatic rings. The Balaban J connectivity index is 1.41. The summed E-state index contributed by atoms with van der Waals surface area (Å²) in [4.78, 5) is 21.2. The van der Waals surface area contributed by atoms with Gasteiger partial charge in [-0.2, -0.15) is 0 Å².